The molecule has 33 heavy (non-hydrogen) atoms. The Morgan fingerprint density at radius 2 is 1.97 bits per heavy atom. The van der Waals surface area contributed by atoms with Crippen LogP contribution in [0.3, 0.4) is 0 Å². The summed E-state index contributed by atoms with van der Waals surface area (Å²) in [6.45, 7) is 6.46. The van der Waals surface area contributed by atoms with Crippen LogP contribution in [0, 0.1) is 6.92 Å². The SMILES string of the molecule is Cc1cc(CNC(=O)c2ccc(C(C)[C@@]3(C)C(=O)Nc4ncccc43)cc2)cc(C2CC2)n1. The molecule has 1 aliphatic heterocycles. The number of aromatic nitrogens is 2. The molecule has 1 aromatic carbocycles. The van der Waals surface area contributed by atoms with Crippen molar-refractivity contribution in [1.29, 1.82) is 0 Å². The number of fused-ring (bicyclic) bond motifs is 1. The number of aryl methyl sites for hydroxylation is 1. The second-order valence-electron chi connectivity index (χ2n) is 9.40. The standard InChI is InChI=1S/C27H28N4O2/c1-16-13-18(14-23(30-16)20-8-9-20)15-29-25(32)21-10-6-19(7-11-21)17(2)27(3)22-5-4-12-28-24(22)31-26(27)33/h4-7,10-14,17,20H,8-9,15H2,1-3H3,(H,29,32)(H,28,31,33)/t17?,27-/m1/s1. The number of carbonyl (C=O) groups excluding carboxylic acids is 2. The van der Waals surface area contributed by atoms with Crippen molar-refractivity contribution in [3.8, 4) is 0 Å². The van der Waals surface area contributed by atoms with Crippen molar-refractivity contribution in [1.82, 2.24) is 15.3 Å². The summed E-state index contributed by atoms with van der Waals surface area (Å²) in [7, 11) is 0. The summed E-state index contributed by atoms with van der Waals surface area (Å²) in [5.41, 5.74) is 4.99. The van der Waals surface area contributed by atoms with Gasteiger partial charge >= 0.3 is 0 Å². The Morgan fingerprint density at radius 3 is 2.70 bits per heavy atom. The van der Waals surface area contributed by atoms with E-state index in [0.29, 0.717) is 23.8 Å². The maximum atomic E-state index is 12.8. The van der Waals surface area contributed by atoms with Crippen LogP contribution in [0.25, 0.3) is 0 Å². The Morgan fingerprint density at radius 1 is 1.21 bits per heavy atom. The molecule has 6 nitrogen and oxygen atoms in total. The zero-order valence-corrected chi connectivity index (χ0v) is 19.2. The number of carbonyl (C=O) groups is 2. The van der Waals surface area contributed by atoms with Gasteiger partial charge < -0.3 is 10.6 Å². The van der Waals surface area contributed by atoms with Crippen LogP contribution < -0.4 is 10.6 Å². The van der Waals surface area contributed by atoms with E-state index in [9.17, 15) is 9.59 Å². The lowest BCUT2D eigenvalue weighted by atomic mass is 9.71. The largest absolute Gasteiger partial charge is 0.348 e. The van der Waals surface area contributed by atoms with Gasteiger partial charge in [0.15, 0.2) is 0 Å². The number of benzene rings is 1. The van der Waals surface area contributed by atoms with Crippen LogP contribution in [0.5, 0.6) is 0 Å². The molecular formula is C27H28N4O2. The normalized spacial score (nSPS) is 20.2. The first kappa shape index (κ1) is 21.3. The fraction of sp³-hybridized carbons (Fsp3) is 0.333. The van der Waals surface area contributed by atoms with Gasteiger partial charge in [-0.1, -0.05) is 25.1 Å². The van der Waals surface area contributed by atoms with Gasteiger partial charge in [-0.2, -0.15) is 0 Å². The molecule has 1 saturated carbocycles. The average Bonchev–Trinajstić information content (AvgIpc) is 3.64. The number of hydrogen-bond acceptors (Lipinski definition) is 4. The molecule has 2 atom stereocenters. The molecule has 1 aliphatic carbocycles. The first-order chi connectivity index (χ1) is 15.9. The summed E-state index contributed by atoms with van der Waals surface area (Å²) in [5.74, 6) is 0.963. The van der Waals surface area contributed by atoms with Crippen LogP contribution >= 0.6 is 0 Å². The van der Waals surface area contributed by atoms with E-state index in [1.54, 1.807) is 6.20 Å². The molecule has 1 unspecified atom stereocenters. The molecule has 6 heteroatoms. The topological polar surface area (TPSA) is 84.0 Å². The molecule has 0 bridgehead atoms. The van der Waals surface area contributed by atoms with Crippen LogP contribution in [0.1, 0.15) is 77.0 Å². The highest BCUT2D eigenvalue weighted by molar-refractivity contribution is 6.05. The minimum absolute atomic E-state index is 0.0521. The zero-order chi connectivity index (χ0) is 23.2. The van der Waals surface area contributed by atoms with Gasteiger partial charge in [-0.25, -0.2) is 4.98 Å². The van der Waals surface area contributed by atoms with Crippen molar-refractivity contribution >= 4 is 17.6 Å². The van der Waals surface area contributed by atoms with E-state index in [-0.39, 0.29) is 17.7 Å². The van der Waals surface area contributed by atoms with Crippen LogP contribution in [-0.4, -0.2) is 21.8 Å². The van der Waals surface area contributed by atoms with Gasteiger partial charge in [0.1, 0.15) is 5.82 Å². The highest BCUT2D eigenvalue weighted by atomic mass is 16.2. The summed E-state index contributed by atoms with van der Waals surface area (Å²) in [6, 6.07) is 15.5. The Kier molecular flexibility index (Phi) is 5.23. The van der Waals surface area contributed by atoms with Crippen LogP contribution in [-0.2, 0) is 16.8 Å². The predicted octanol–water partition coefficient (Wildman–Crippen LogP) is 4.61. The summed E-state index contributed by atoms with van der Waals surface area (Å²) < 4.78 is 0. The fourth-order valence-corrected chi connectivity index (χ4v) is 4.71. The Bertz CT molecular complexity index is 1230. The molecule has 168 valence electrons. The highest BCUT2D eigenvalue weighted by Crippen LogP contribution is 2.46. The average molecular weight is 441 g/mol. The lowest BCUT2D eigenvalue weighted by Crippen LogP contribution is -2.36. The summed E-state index contributed by atoms with van der Waals surface area (Å²) >= 11 is 0. The van der Waals surface area contributed by atoms with E-state index in [1.165, 1.54) is 12.8 Å². The maximum Gasteiger partial charge on any atom is 0.251 e. The summed E-state index contributed by atoms with van der Waals surface area (Å²) in [6.07, 6.45) is 4.09. The lowest BCUT2D eigenvalue weighted by Gasteiger charge is -2.30. The van der Waals surface area contributed by atoms with Crippen molar-refractivity contribution in [3.63, 3.8) is 0 Å². The van der Waals surface area contributed by atoms with E-state index < -0.39 is 5.41 Å². The van der Waals surface area contributed by atoms with E-state index in [2.05, 4.69) is 26.7 Å². The molecule has 1 fully saturated rings. The third-order valence-electron chi connectivity index (χ3n) is 7.09. The third-order valence-corrected chi connectivity index (χ3v) is 7.09. The van der Waals surface area contributed by atoms with Crippen molar-refractivity contribution in [2.75, 3.05) is 5.32 Å². The predicted molar refractivity (Wildman–Crippen MR) is 127 cm³/mol. The third kappa shape index (κ3) is 3.90. The lowest BCUT2D eigenvalue weighted by molar-refractivity contribution is -0.120. The highest BCUT2D eigenvalue weighted by Gasteiger charge is 2.47. The van der Waals surface area contributed by atoms with Crippen molar-refractivity contribution in [2.24, 2.45) is 0 Å². The number of hydrogen-bond donors (Lipinski definition) is 2. The maximum absolute atomic E-state index is 12.8. The van der Waals surface area contributed by atoms with Crippen LogP contribution in [0.2, 0.25) is 0 Å². The minimum atomic E-state index is -0.716. The van der Waals surface area contributed by atoms with Gasteiger partial charge in [-0.05, 0) is 74.1 Å². The Labute approximate surface area is 193 Å². The second-order valence-corrected chi connectivity index (χ2v) is 9.40. The molecule has 2 aromatic heterocycles. The molecule has 2 amide bonds. The molecule has 0 saturated heterocycles. The Balaban J connectivity index is 1.29. The van der Waals surface area contributed by atoms with E-state index >= 15 is 0 Å². The molecule has 3 heterocycles. The molecule has 3 aromatic rings. The summed E-state index contributed by atoms with van der Waals surface area (Å²) in [4.78, 5) is 34.5. The van der Waals surface area contributed by atoms with E-state index in [4.69, 9.17) is 0 Å². The van der Waals surface area contributed by atoms with Gasteiger partial charge in [0, 0.05) is 41.2 Å². The molecule has 2 aliphatic rings. The van der Waals surface area contributed by atoms with Crippen LogP contribution in [0.15, 0.2) is 54.7 Å². The van der Waals surface area contributed by atoms with Gasteiger partial charge in [0.25, 0.3) is 5.91 Å². The smallest absolute Gasteiger partial charge is 0.251 e. The van der Waals surface area contributed by atoms with Gasteiger partial charge in [-0.15, -0.1) is 0 Å². The van der Waals surface area contributed by atoms with Gasteiger partial charge in [-0.3, -0.25) is 14.6 Å². The molecule has 5 rings (SSSR count). The number of pyridine rings is 2. The first-order valence-corrected chi connectivity index (χ1v) is 11.5. The number of anilines is 1. The summed E-state index contributed by atoms with van der Waals surface area (Å²) in [5, 5.41) is 5.92. The van der Waals surface area contributed by atoms with Crippen molar-refractivity contribution in [3.05, 3.63) is 88.4 Å². The molecule has 0 radical (unpaired) electrons. The van der Waals surface area contributed by atoms with Gasteiger partial charge in [0.2, 0.25) is 5.91 Å². The van der Waals surface area contributed by atoms with E-state index in [0.717, 1.165) is 28.1 Å². The van der Waals surface area contributed by atoms with Crippen LogP contribution in [0.4, 0.5) is 5.82 Å². The number of rotatable bonds is 6. The van der Waals surface area contributed by atoms with Crippen molar-refractivity contribution in [2.45, 2.75) is 57.4 Å². The fourth-order valence-electron chi connectivity index (χ4n) is 4.71. The monoisotopic (exact) mass is 440 g/mol. The van der Waals surface area contributed by atoms with E-state index in [1.807, 2.05) is 63.2 Å². The number of amides is 2. The first-order valence-electron chi connectivity index (χ1n) is 11.5. The Hall–Kier alpha value is -3.54. The molecular weight excluding hydrogens is 412 g/mol. The zero-order valence-electron chi connectivity index (χ0n) is 19.2. The minimum Gasteiger partial charge on any atom is -0.348 e. The quantitative estimate of drug-likeness (QED) is 0.586. The number of nitrogens with zero attached hydrogens (tertiary/aromatic N) is 2. The van der Waals surface area contributed by atoms with Gasteiger partial charge in [0.05, 0.1) is 5.41 Å². The molecule has 0 spiro atoms. The second kappa shape index (κ2) is 8.10. The number of nitrogens with one attached hydrogen (secondary N) is 2. The molecule has 2 N–H and O–H groups in total. The van der Waals surface area contributed by atoms with Crippen molar-refractivity contribution < 1.29 is 9.59 Å².